The maximum absolute atomic E-state index is 12.7. The Bertz CT molecular complexity index is 663. The highest BCUT2D eigenvalue weighted by atomic mass is 19.4. The van der Waals surface area contributed by atoms with Crippen molar-refractivity contribution >= 4 is 11.5 Å². The zero-order valence-electron chi connectivity index (χ0n) is 12.8. The van der Waals surface area contributed by atoms with Crippen LogP contribution in [0.2, 0.25) is 0 Å². The lowest BCUT2D eigenvalue weighted by Crippen LogP contribution is -2.06. The Morgan fingerprint density at radius 3 is 2.35 bits per heavy atom. The van der Waals surface area contributed by atoms with Crippen LogP contribution in [0, 0.1) is 0 Å². The summed E-state index contributed by atoms with van der Waals surface area (Å²) in [7, 11) is 0. The Hall–Kier alpha value is -2.30. The Kier molecular flexibility index (Phi) is 5.42. The zero-order chi connectivity index (χ0) is 16.9. The second kappa shape index (κ2) is 7.31. The third-order valence-corrected chi connectivity index (χ3v) is 3.47. The molecule has 0 aliphatic heterocycles. The SMILES string of the molecule is CC(=O)CCc1ccc(NCc2cccc(C(F)(F)F)c2)cc1. The van der Waals surface area contributed by atoms with Gasteiger partial charge in [-0.1, -0.05) is 24.3 Å². The standard InChI is InChI=1S/C18H18F3NO/c1-13(23)5-6-14-7-9-17(10-8-14)22-12-15-3-2-4-16(11-15)18(19,20)21/h2-4,7-11,22H,5-6,12H2,1H3. The first-order valence-corrected chi connectivity index (χ1v) is 7.33. The second-order valence-electron chi connectivity index (χ2n) is 5.45. The molecule has 0 saturated heterocycles. The van der Waals surface area contributed by atoms with Crippen LogP contribution >= 0.6 is 0 Å². The summed E-state index contributed by atoms with van der Waals surface area (Å²) in [6, 6.07) is 12.8. The molecule has 5 heteroatoms. The van der Waals surface area contributed by atoms with Gasteiger partial charge in [-0.2, -0.15) is 13.2 Å². The maximum atomic E-state index is 12.7. The molecule has 2 nitrogen and oxygen atoms in total. The number of nitrogens with one attached hydrogen (secondary N) is 1. The Morgan fingerprint density at radius 2 is 1.74 bits per heavy atom. The van der Waals surface area contributed by atoms with Crippen molar-refractivity contribution in [3.8, 4) is 0 Å². The fourth-order valence-corrected chi connectivity index (χ4v) is 2.17. The van der Waals surface area contributed by atoms with Gasteiger partial charge in [-0.15, -0.1) is 0 Å². The van der Waals surface area contributed by atoms with Crippen LogP contribution in [0.1, 0.15) is 30.0 Å². The third-order valence-electron chi connectivity index (χ3n) is 3.47. The lowest BCUT2D eigenvalue weighted by atomic mass is 10.1. The van der Waals surface area contributed by atoms with E-state index in [0.29, 0.717) is 24.9 Å². The van der Waals surface area contributed by atoms with Crippen molar-refractivity contribution in [1.82, 2.24) is 0 Å². The number of ketones is 1. The molecule has 0 fully saturated rings. The first-order valence-electron chi connectivity index (χ1n) is 7.33. The lowest BCUT2D eigenvalue weighted by molar-refractivity contribution is -0.137. The summed E-state index contributed by atoms with van der Waals surface area (Å²) in [4.78, 5) is 10.9. The van der Waals surface area contributed by atoms with E-state index in [4.69, 9.17) is 0 Å². The topological polar surface area (TPSA) is 29.1 Å². The van der Waals surface area contributed by atoms with E-state index < -0.39 is 11.7 Å². The van der Waals surface area contributed by atoms with Gasteiger partial charge in [-0.25, -0.2) is 0 Å². The molecule has 0 aromatic heterocycles. The molecule has 122 valence electrons. The highest BCUT2D eigenvalue weighted by Crippen LogP contribution is 2.29. The molecule has 0 unspecified atom stereocenters. The van der Waals surface area contributed by atoms with Gasteiger partial charge in [0.05, 0.1) is 5.56 Å². The molecule has 0 heterocycles. The van der Waals surface area contributed by atoms with E-state index in [1.54, 1.807) is 13.0 Å². The summed E-state index contributed by atoms with van der Waals surface area (Å²) < 4.78 is 38.0. The molecule has 2 aromatic rings. The third kappa shape index (κ3) is 5.43. The molecule has 0 saturated carbocycles. The van der Waals surface area contributed by atoms with Crippen molar-refractivity contribution < 1.29 is 18.0 Å². The van der Waals surface area contributed by atoms with Gasteiger partial charge in [-0.3, -0.25) is 0 Å². The van der Waals surface area contributed by atoms with E-state index in [0.717, 1.165) is 23.4 Å². The number of aryl methyl sites for hydroxylation is 1. The number of benzene rings is 2. The summed E-state index contributed by atoms with van der Waals surface area (Å²) in [6.07, 6.45) is -3.12. The van der Waals surface area contributed by atoms with Crippen molar-refractivity contribution in [3.63, 3.8) is 0 Å². The van der Waals surface area contributed by atoms with Crippen LogP contribution in [0.25, 0.3) is 0 Å². The normalized spacial score (nSPS) is 11.3. The molecule has 23 heavy (non-hydrogen) atoms. The van der Waals surface area contributed by atoms with Crippen LogP contribution in [0.3, 0.4) is 0 Å². The maximum Gasteiger partial charge on any atom is 0.416 e. The van der Waals surface area contributed by atoms with E-state index >= 15 is 0 Å². The molecule has 1 N–H and O–H groups in total. The fraction of sp³-hybridized carbons (Fsp3) is 0.278. The molecule has 0 spiro atoms. The van der Waals surface area contributed by atoms with Gasteiger partial charge in [0, 0.05) is 18.7 Å². The van der Waals surface area contributed by atoms with Crippen molar-refractivity contribution in [3.05, 3.63) is 65.2 Å². The summed E-state index contributed by atoms with van der Waals surface area (Å²) in [5.41, 5.74) is 1.82. The summed E-state index contributed by atoms with van der Waals surface area (Å²) >= 11 is 0. The highest BCUT2D eigenvalue weighted by Gasteiger charge is 2.30. The number of carbonyl (C=O) groups is 1. The average molecular weight is 321 g/mol. The van der Waals surface area contributed by atoms with Gasteiger partial charge in [0.15, 0.2) is 0 Å². The minimum atomic E-state index is -4.33. The van der Waals surface area contributed by atoms with Gasteiger partial charge in [0.2, 0.25) is 0 Å². The first-order chi connectivity index (χ1) is 10.8. The number of rotatable bonds is 6. The number of alkyl halides is 3. The molecule has 0 aliphatic rings. The average Bonchev–Trinajstić information content (AvgIpc) is 2.51. The summed E-state index contributed by atoms with van der Waals surface area (Å²) in [6.45, 7) is 1.88. The van der Waals surface area contributed by atoms with E-state index in [9.17, 15) is 18.0 Å². The van der Waals surface area contributed by atoms with Gasteiger partial charge in [0.25, 0.3) is 0 Å². The highest BCUT2D eigenvalue weighted by molar-refractivity contribution is 5.75. The summed E-state index contributed by atoms with van der Waals surface area (Å²) in [5, 5.41) is 3.10. The number of hydrogen-bond donors (Lipinski definition) is 1. The molecule has 0 bridgehead atoms. The second-order valence-corrected chi connectivity index (χ2v) is 5.45. The van der Waals surface area contributed by atoms with Gasteiger partial charge < -0.3 is 10.1 Å². The molecule has 0 aliphatic carbocycles. The smallest absolute Gasteiger partial charge is 0.381 e. The zero-order valence-corrected chi connectivity index (χ0v) is 12.8. The van der Waals surface area contributed by atoms with Crippen molar-refractivity contribution in [2.45, 2.75) is 32.5 Å². The van der Waals surface area contributed by atoms with E-state index in [1.165, 1.54) is 6.07 Å². The minimum absolute atomic E-state index is 0.150. The monoisotopic (exact) mass is 321 g/mol. The lowest BCUT2D eigenvalue weighted by Gasteiger charge is -2.10. The van der Waals surface area contributed by atoms with Gasteiger partial charge in [-0.05, 0) is 48.7 Å². The molecule has 0 amide bonds. The molecule has 2 rings (SSSR count). The Morgan fingerprint density at radius 1 is 1.04 bits per heavy atom. The Labute approximate surface area is 133 Å². The van der Waals surface area contributed by atoms with Gasteiger partial charge in [0.1, 0.15) is 5.78 Å². The Balaban J connectivity index is 1.94. The van der Waals surface area contributed by atoms with E-state index in [1.807, 2.05) is 24.3 Å². The van der Waals surface area contributed by atoms with Crippen molar-refractivity contribution in [1.29, 1.82) is 0 Å². The van der Waals surface area contributed by atoms with Crippen LogP contribution in [-0.2, 0) is 23.9 Å². The molecule has 2 aromatic carbocycles. The molecule has 0 atom stereocenters. The number of hydrogen-bond acceptors (Lipinski definition) is 2. The molecule has 0 radical (unpaired) electrons. The van der Waals surface area contributed by atoms with Crippen LogP contribution in [0.15, 0.2) is 48.5 Å². The van der Waals surface area contributed by atoms with Gasteiger partial charge >= 0.3 is 6.18 Å². The summed E-state index contributed by atoms with van der Waals surface area (Å²) in [5.74, 6) is 0.150. The van der Waals surface area contributed by atoms with Crippen molar-refractivity contribution in [2.75, 3.05) is 5.32 Å². The predicted octanol–water partition coefficient (Wildman–Crippen LogP) is 4.84. The van der Waals surface area contributed by atoms with Crippen LogP contribution in [-0.4, -0.2) is 5.78 Å². The quantitative estimate of drug-likeness (QED) is 0.825. The number of halogens is 3. The number of carbonyl (C=O) groups excluding carboxylic acids is 1. The molecular weight excluding hydrogens is 303 g/mol. The minimum Gasteiger partial charge on any atom is -0.381 e. The van der Waals surface area contributed by atoms with Crippen LogP contribution < -0.4 is 5.32 Å². The van der Waals surface area contributed by atoms with Crippen LogP contribution in [0.4, 0.5) is 18.9 Å². The van der Waals surface area contributed by atoms with Crippen LogP contribution in [0.5, 0.6) is 0 Å². The van der Waals surface area contributed by atoms with E-state index in [2.05, 4.69) is 5.32 Å². The largest absolute Gasteiger partial charge is 0.416 e. The number of Topliss-reactive ketones (excluding diaryl/α,β-unsaturated/α-hetero) is 1. The molecular formula is C18H18F3NO. The number of anilines is 1. The van der Waals surface area contributed by atoms with E-state index in [-0.39, 0.29) is 5.78 Å². The fourth-order valence-electron chi connectivity index (χ4n) is 2.17. The first kappa shape index (κ1) is 17.1. The predicted molar refractivity (Wildman–Crippen MR) is 84.2 cm³/mol. The van der Waals surface area contributed by atoms with Crippen molar-refractivity contribution in [2.24, 2.45) is 0 Å².